The number of benzene rings is 1. The number of nitrogens with zero attached hydrogens (tertiary/aromatic N) is 2. The zero-order valence-electron chi connectivity index (χ0n) is 10.1. The molecule has 0 bridgehead atoms. The molecular weight excluding hydrogens is 216 g/mol. The second-order valence-corrected chi connectivity index (χ2v) is 3.63. The van der Waals surface area contributed by atoms with E-state index in [1.165, 1.54) is 7.11 Å². The number of ether oxygens (including phenoxy) is 1. The second-order valence-electron chi connectivity index (χ2n) is 3.63. The Hall–Kier alpha value is -2.02. The van der Waals surface area contributed by atoms with Crippen molar-refractivity contribution in [2.45, 2.75) is 13.3 Å². The molecule has 0 amide bonds. The Morgan fingerprint density at radius 2 is 2.18 bits per heavy atom. The SMILES string of the molecule is CCCN(CC(=O)OC)c1ccccc1C#N. The zero-order chi connectivity index (χ0) is 12.7. The van der Waals surface area contributed by atoms with Crippen molar-refractivity contribution in [2.24, 2.45) is 0 Å². The molecule has 0 aliphatic rings. The van der Waals surface area contributed by atoms with Gasteiger partial charge >= 0.3 is 5.97 Å². The molecule has 0 spiro atoms. The van der Waals surface area contributed by atoms with E-state index in [0.717, 1.165) is 12.1 Å². The van der Waals surface area contributed by atoms with Gasteiger partial charge in [0.25, 0.3) is 0 Å². The molecule has 1 rings (SSSR count). The highest BCUT2D eigenvalue weighted by Gasteiger charge is 2.13. The van der Waals surface area contributed by atoms with Crippen LogP contribution in [0.1, 0.15) is 18.9 Å². The molecule has 4 heteroatoms. The summed E-state index contributed by atoms with van der Waals surface area (Å²) in [5.74, 6) is -0.300. The van der Waals surface area contributed by atoms with Crippen molar-refractivity contribution < 1.29 is 9.53 Å². The Morgan fingerprint density at radius 3 is 2.76 bits per heavy atom. The molecule has 90 valence electrons. The maximum absolute atomic E-state index is 11.3. The average Bonchev–Trinajstić information content (AvgIpc) is 2.38. The third kappa shape index (κ3) is 3.49. The molecule has 0 aliphatic carbocycles. The van der Waals surface area contributed by atoms with Crippen LogP contribution < -0.4 is 4.90 Å². The zero-order valence-corrected chi connectivity index (χ0v) is 10.1. The van der Waals surface area contributed by atoms with Crippen LogP contribution in [0.2, 0.25) is 0 Å². The van der Waals surface area contributed by atoms with E-state index in [1.54, 1.807) is 6.07 Å². The van der Waals surface area contributed by atoms with Crippen molar-refractivity contribution in [1.29, 1.82) is 5.26 Å². The minimum absolute atomic E-state index is 0.170. The van der Waals surface area contributed by atoms with E-state index in [4.69, 9.17) is 5.26 Å². The van der Waals surface area contributed by atoms with Crippen molar-refractivity contribution in [1.82, 2.24) is 0 Å². The lowest BCUT2D eigenvalue weighted by Crippen LogP contribution is -2.31. The summed E-state index contributed by atoms with van der Waals surface area (Å²) in [5.41, 5.74) is 1.35. The van der Waals surface area contributed by atoms with E-state index in [2.05, 4.69) is 10.8 Å². The molecule has 17 heavy (non-hydrogen) atoms. The predicted molar refractivity (Wildman–Crippen MR) is 65.7 cm³/mol. The van der Waals surface area contributed by atoms with Gasteiger partial charge in [-0.25, -0.2) is 0 Å². The summed E-state index contributed by atoms with van der Waals surface area (Å²) in [6, 6.07) is 9.39. The number of anilines is 1. The Labute approximate surface area is 101 Å². The molecule has 0 aliphatic heterocycles. The van der Waals surface area contributed by atoms with Gasteiger partial charge in [0.15, 0.2) is 0 Å². The molecule has 1 aromatic rings. The number of esters is 1. The molecule has 0 N–H and O–H groups in total. The number of para-hydroxylation sites is 1. The minimum atomic E-state index is -0.300. The Morgan fingerprint density at radius 1 is 1.47 bits per heavy atom. The fraction of sp³-hybridized carbons (Fsp3) is 0.385. The Kier molecular flexibility index (Phi) is 5.02. The van der Waals surface area contributed by atoms with Gasteiger partial charge in [0.05, 0.1) is 18.4 Å². The highest BCUT2D eigenvalue weighted by molar-refractivity contribution is 5.76. The molecule has 0 saturated carbocycles. The lowest BCUT2D eigenvalue weighted by Gasteiger charge is -2.23. The Bertz CT molecular complexity index is 424. The fourth-order valence-electron chi connectivity index (χ4n) is 1.62. The van der Waals surface area contributed by atoms with Crippen LogP contribution in [0.15, 0.2) is 24.3 Å². The number of hydrogen-bond donors (Lipinski definition) is 0. The summed E-state index contributed by atoms with van der Waals surface area (Å²) in [4.78, 5) is 13.2. The van der Waals surface area contributed by atoms with Gasteiger partial charge in [0.1, 0.15) is 12.6 Å². The molecule has 0 radical (unpaired) electrons. The van der Waals surface area contributed by atoms with Gasteiger partial charge in [-0.2, -0.15) is 5.26 Å². The molecular formula is C13H16N2O2. The van der Waals surface area contributed by atoms with Crippen LogP contribution in [-0.2, 0) is 9.53 Å². The van der Waals surface area contributed by atoms with E-state index in [0.29, 0.717) is 12.1 Å². The molecule has 0 aromatic heterocycles. The number of rotatable bonds is 5. The summed E-state index contributed by atoms with van der Waals surface area (Å²) in [5, 5.41) is 9.03. The summed E-state index contributed by atoms with van der Waals surface area (Å²) in [6.45, 7) is 2.91. The highest BCUT2D eigenvalue weighted by atomic mass is 16.5. The van der Waals surface area contributed by atoms with Crippen LogP contribution in [-0.4, -0.2) is 26.2 Å². The summed E-state index contributed by atoms with van der Waals surface area (Å²) in [7, 11) is 1.36. The monoisotopic (exact) mass is 232 g/mol. The standard InChI is InChI=1S/C13H16N2O2/c1-3-8-15(10-13(16)17-2)12-7-5-4-6-11(12)9-14/h4-7H,3,8,10H2,1-2H3. The third-order valence-corrected chi connectivity index (χ3v) is 2.41. The van der Waals surface area contributed by atoms with Crippen LogP contribution >= 0.6 is 0 Å². The first-order valence-electron chi connectivity index (χ1n) is 5.53. The molecule has 0 atom stereocenters. The molecule has 0 fully saturated rings. The van der Waals surface area contributed by atoms with Gasteiger partial charge in [-0.3, -0.25) is 4.79 Å². The molecule has 0 heterocycles. The van der Waals surface area contributed by atoms with Crippen LogP contribution in [0.4, 0.5) is 5.69 Å². The summed E-state index contributed by atoms with van der Waals surface area (Å²) >= 11 is 0. The number of carbonyl (C=O) groups is 1. The van der Waals surface area contributed by atoms with Crippen molar-refractivity contribution in [2.75, 3.05) is 25.1 Å². The minimum Gasteiger partial charge on any atom is -0.468 e. The smallest absolute Gasteiger partial charge is 0.325 e. The molecule has 4 nitrogen and oxygen atoms in total. The van der Waals surface area contributed by atoms with E-state index in [9.17, 15) is 4.79 Å². The van der Waals surface area contributed by atoms with E-state index in [1.807, 2.05) is 30.0 Å². The van der Waals surface area contributed by atoms with Crippen LogP contribution in [0.5, 0.6) is 0 Å². The van der Waals surface area contributed by atoms with Gasteiger partial charge in [0.2, 0.25) is 0 Å². The third-order valence-electron chi connectivity index (χ3n) is 2.41. The highest BCUT2D eigenvalue weighted by Crippen LogP contribution is 2.19. The number of nitriles is 1. The lowest BCUT2D eigenvalue weighted by molar-refractivity contribution is -0.138. The first-order valence-corrected chi connectivity index (χ1v) is 5.53. The van der Waals surface area contributed by atoms with E-state index < -0.39 is 0 Å². The number of methoxy groups -OCH3 is 1. The van der Waals surface area contributed by atoms with Crippen LogP contribution in [0, 0.1) is 11.3 Å². The van der Waals surface area contributed by atoms with Crippen molar-refractivity contribution in [3.8, 4) is 6.07 Å². The Balaban J connectivity index is 2.97. The quantitative estimate of drug-likeness (QED) is 0.728. The normalized spacial score (nSPS) is 9.47. The topological polar surface area (TPSA) is 53.3 Å². The summed E-state index contributed by atoms with van der Waals surface area (Å²) < 4.78 is 4.66. The predicted octanol–water partition coefficient (Wildman–Crippen LogP) is 1.95. The van der Waals surface area contributed by atoms with E-state index >= 15 is 0 Å². The first-order chi connectivity index (χ1) is 8.22. The van der Waals surface area contributed by atoms with Gasteiger partial charge in [0, 0.05) is 6.54 Å². The fourth-order valence-corrected chi connectivity index (χ4v) is 1.62. The van der Waals surface area contributed by atoms with Gasteiger partial charge in [-0.05, 0) is 18.6 Å². The molecule has 0 unspecified atom stereocenters. The molecule has 0 saturated heterocycles. The first kappa shape index (κ1) is 13.0. The van der Waals surface area contributed by atoms with Crippen LogP contribution in [0.3, 0.4) is 0 Å². The van der Waals surface area contributed by atoms with Gasteiger partial charge in [-0.1, -0.05) is 19.1 Å². The summed E-state index contributed by atoms with van der Waals surface area (Å²) in [6.07, 6.45) is 0.900. The molecule has 1 aromatic carbocycles. The van der Waals surface area contributed by atoms with Gasteiger partial charge < -0.3 is 9.64 Å². The second kappa shape index (κ2) is 6.54. The maximum atomic E-state index is 11.3. The largest absolute Gasteiger partial charge is 0.468 e. The lowest BCUT2D eigenvalue weighted by atomic mass is 10.1. The van der Waals surface area contributed by atoms with Crippen molar-refractivity contribution in [3.63, 3.8) is 0 Å². The van der Waals surface area contributed by atoms with Gasteiger partial charge in [-0.15, -0.1) is 0 Å². The number of hydrogen-bond acceptors (Lipinski definition) is 4. The average molecular weight is 232 g/mol. The maximum Gasteiger partial charge on any atom is 0.325 e. The van der Waals surface area contributed by atoms with Crippen molar-refractivity contribution >= 4 is 11.7 Å². The number of carbonyl (C=O) groups excluding carboxylic acids is 1. The van der Waals surface area contributed by atoms with Crippen LogP contribution in [0.25, 0.3) is 0 Å². The van der Waals surface area contributed by atoms with Crippen molar-refractivity contribution in [3.05, 3.63) is 29.8 Å². The van der Waals surface area contributed by atoms with E-state index in [-0.39, 0.29) is 12.5 Å².